The minimum atomic E-state index is -4.59. The zero-order valence-corrected chi connectivity index (χ0v) is 11.0. The molecule has 0 saturated carbocycles. The Kier molecular flexibility index (Phi) is 4.18. The number of benzene rings is 2. The van der Waals surface area contributed by atoms with Gasteiger partial charge in [-0.25, -0.2) is 4.39 Å². The summed E-state index contributed by atoms with van der Waals surface area (Å²) in [4.78, 5) is 0. The van der Waals surface area contributed by atoms with Crippen molar-refractivity contribution in [1.82, 2.24) is 0 Å². The Bertz CT molecular complexity index is 636. The van der Waals surface area contributed by atoms with Gasteiger partial charge in [0.15, 0.2) is 0 Å². The van der Waals surface area contributed by atoms with Crippen molar-refractivity contribution in [3.05, 3.63) is 59.4 Å². The Morgan fingerprint density at radius 1 is 1.00 bits per heavy atom. The smallest absolute Gasteiger partial charge is 0.419 e. The molecule has 0 spiro atoms. The van der Waals surface area contributed by atoms with Crippen molar-refractivity contribution >= 4 is 0 Å². The minimum Gasteiger partial charge on any atom is -0.456 e. The molecule has 112 valence electrons. The summed E-state index contributed by atoms with van der Waals surface area (Å²) in [6.45, 7) is 1.31. The molecular weight excluding hydrogens is 288 g/mol. The zero-order valence-electron chi connectivity index (χ0n) is 11.0. The molecule has 0 unspecified atom stereocenters. The quantitative estimate of drug-likeness (QED) is 0.833. The van der Waals surface area contributed by atoms with Crippen molar-refractivity contribution in [3.8, 4) is 11.5 Å². The molecule has 6 heteroatoms. The highest BCUT2D eigenvalue weighted by atomic mass is 19.4. The number of alkyl halides is 3. The average Bonchev–Trinajstić information content (AvgIpc) is 2.37. The van der Waals surface area contributed by atoms with Gasteiger partial charge in [-0.05, 0) is 31.2 Å². The van der Waals surface area contributed by atoms with E-state index in [4.69, 9.17) is 4.74 Å². The first kappa shape index (κ1) is 15.3. The Balaban J connectivity index is 2.47. The van der Waals surface area contributed by atoms with Gasteiger partial charge in [-0.15, -0.1) is 0 Å². The molecule has 1 atom stereocenters. The van der Waals surface area contributed by atoms with Gasteiger partial charge in [0.2, 0.25) is 0 Å². The SMILES string of the molecule is C[C@H](O)c1c(F)cccc1Oc1ccccc1C(F)(F)F. The summed E-state index contributed by atoms with van der Waals surface area (Å²) in [5.41, 5.74) is -1.15. The normalized spacial score (nSPS) is 13.0. The first-order chi connectivity index (χ1) is 9.80. The summed E-state index contributed by atoms with van der Waals surface area (Å²) in [7, 11) is 0. The van der Waals surface area contributed by atoms with Crippen LogP contribution in [0.15, 0.2) is 42.5 Å². The second kappa shape index (κ2) is 5.73. The van der Waals surface area contributed by atoms with E-state index < -0.39 is 29.4 Å². The molecule has 21 heavy (non-hydrogen) atoms. The lowest BCUT2D eigenvalue weighted by Gasteiger charge is -2.17. The number of hydrogen-bond acceptors (Lipinski definition) is 2. The van der Waals surface area contributed by atoms with E-state index in [9.17, 15) is 22.7 Å². The third-order valence-corrected chi connectivity index (χ3v) is 2.84. The van der Waals surface area contributed by atoms with E-state index in [1.807, 2.05) is 0 Å². The van der Waals surface area contributed by atoms with Crippen molar-refractivity contribution in [2.24, 2.45) is 0 Å². The number of ether oxygens (including phenoxy) is 1. The second-order valence-corrected chi connectivity index (χ2v) is 4.42. The second-order valence-electron chi connectivity index (χ2n) is 4.42. The lowest BCUT2D eigenvalue weighted by molar-refractivity contribution is -0.138. The highest BCUT2D eigenvalue weighted by Crippen LogP contribution is 2.39. The van der Waals surface area contributed by atoms with Crippen LogP contribution in [0.3, 0.4) is 0 Å². The number of aliphatic hydroxyl groups is 1. The van der Waals surface area contributed by atoms with Crippen LogP contribution in [-0.4, -0.2) is 5.11 Å². The molecule has 0 amide bonds. The van der Waals surface area contributed by atoms with Crippen molar-refractivity contribution in [1.29, 1.82) is 0 Å². The Hall–Kier alpha value is -2.08. The van der Waals surface area contributed by atoms with Crippen LogP contribution in [0.5, 0.6) is 11.5 Å². The van der Waals surface area contributed by atoms with Crippen molar-refractivity contribution in [2.75, 3.05) is 0 Å². The summed E-state index contributed by atoms with van der Waals surface area (Å²) in [5, 5.41) is 9.55. The molecule has 0 aliphatic heterocycles. The molecular formula is C15H12F4O2. The summed E-state index contributed by atoms with van der Waals surface area (Å²) < 4.78 is 57.5. The third kappa shape index (κ3) is 3.33. The predicted octanol–water partition coefficient (Wildman–Crippen LogP) is 4.69. The lowest BCUT2D eigenvalue weighted by Crippen LogP contribution is -2.08. The van der Waals surface area contributed by atoms with Gasteiger partial charge < -0.3 is 9.84 Å². The van der Waals surface area contributed by atoms with E-state index in [1.54, 1.807) is 0 Å². The molecule has 2 rings (SSSR count). The number of para-hydroxylation sites is 1. The maximum Gasteiger partial charge on any atom is 0.419 e. The van der Waals surface area contributed by atoms with Crippen molar-refractivity contribution in [3.63, 3.8) is 0 Å². The highest BCUT2D eigenvalue weighted by Gasteiger charge is 2.34. The van der Waals surface area contributed by atoms with Crippen LogP contribution in [0.4, 0.5) is 17.6 Å². The Morgan fingerprint density at radius 2 is 1.62 bits per heavy atom. The van der Waals surface area contributed by atoms with E-state index in [0.717, 1.165) is 18.2 Å². The molecule has 0 heterocycles. The highest BCUT2D eigenvalue weighted by molar-refractivity contribution is 5.43. The fourth-order valence-electron chi connectivity index (χ4n) is 1.92. The molecule has 0 aromatic heterocycles. The molecule has 2 aromatic carbocycles. The van der Waals surface area contributed by atoms with Gasteiger partial charge in [0, 0.05) is 0 Å². The summed E-state index contributed by atoms with van der Waals surface area (Å²) in [6.07, 6.45) is -5.80. The molecule has 0 saturated heterocycles. The lowest BCUT2D eigenvalue weighted by atomic mass is 10.1. The van der Waals surface area contributed by atoms with Crippen molar-refractivity contribution < 1.29 is 27.4 Å². The van der Waals surface area contributed by atoms with Crippen LogP contribution < -0.4 is 4.74 Å². The van der Waals surface area contributed by atoms with Crippen molar-refractivity contribution in [2.45, 2.75) is 19.2 Å². The number of rotatable bonds is 3. The summed E-state index contributed by atoms with van der Waals surface area (Å²) >= 11 is 0. The Morgan fingerprint density at radius 3 is 2.24 bits per heavy atom. The maximum absolute atomic E-state index is 13.7. The van der Waals surface area contributed by atoms with Gasteiger partial charge in [0.05, 0.1) is 17.2 Å². The van der Waals surface area contributed by atoms with Crippen LogP contribution in [0.2, 0.25) is 0 Å². The first-order valence-corrected chi connectivity index (χ1v) is 6.11. The number of aliphatic hydroxyl groups excluding tert-OH is 1. The predicted molar refractivity (Wildman–Crippen MR) is 68.6 cm³/mol. The van der Waals surface area contributed by atoms with Gasteiger partial charge in [-0.2, -0.15) is 13.2 Å². The molecule has 0 fully saturated rings. The van der Waals surface area contributed by atoms with Crippen LogP contribution in [0.1, 0.15) is 24.2 Å². The standard InChI is InChI=1S/C15H12F4O2/c1-9(20)14-11(16)6-4-8-13(14)21-12-7-3-2-5-10(12)15(17,18)19/h2-9,20H,1H3/t9-/m0/s1. The summed E-state index contributed by atoms with van der Waals surface area (Å²) in [6, 6.07) is 8.33. The van der Waals surface area contributed by atoms with E-state index >= 15 is 0 Å². The molecule has 2 aromatic rings. The molecule has 2 nitrogen and oxygen atoms in total. The molecule has 0 radical (unpaired) electrons. The van der Waals surface area contributed by atoms with E-state index in [-0.39, 0.29) is 11.3 Å². The van der Waals surface area contributed by atoms with Crippen LogP contribution in [0, 0.1) is 5.82 Å². The van der Waals surface area contributed by atoms with Crippen LogP contribution >= 0.6 is 0 Å². The molecule has 1 N–H and O–H groups in total. The van der Waals surface area contributed by atoms with Gasteiger partial charge in [0.25, 0.3) is 0 Å². The Labute approximate surface area is 118 Å². The van der Waals surface area contributed by atoms with Gasteiger partial charge in [-0.3, -0.25) is 0 Å². The minimum absolute atomic E-state index is 0.151. The van der Waals surface area contributed by atoms with Gasteiger partial charge in [-0.1, -0.05) is 18.2 Å². The molecule has 0 aliphatic rings. The zero-order chi connectivity index (χ0) is 15.6. The third-order valence-electron chi connectivity index (χ3n) is 2.84. The van der Waals surface area contributed by atoms with Crippen LogP contribution in [-0.2, 0) is 6.18 Å². The average molecular weight is 300 g/mol. The fourth-order valence-corrected chi connectivity index (χ4v) is 1.92. The first-order valence-electron chi connectivity index (χ1n) is 6.11. The summed E-state index contributed by atoms with van der Waals surface area (Å²) in [5.74, 6) is -1.34. The topological polar surface area (TPSA) is 29.5 Å². The van der Waals surface area contributed by atoms with E-state index in [2.05, 4.69) is 0 Å². The van der Waals surface area contributed by atoms with E-state index in [0.29, 0.717) is 0 Å². The number of halogens is 4. The monoisotopic (exact) mass is 300 g/mol. The number of hydrogen-bond donors (Lipinski definition) is 1. The van der Waals surface area contributed by atoms with Crippen LogP contribution in [0.25, 0.3) is 0 Å². The largest absolute Gasteiger partial charge is 0.456 e. The van der Waals surface area contributed by atoms with Gasteiger partial charge >= 0.3 is 6.18 Å². The fraction of sp³-hybridized carbons (Fsp3) is 0.200. The molecule has 0 aliphatic carbocycles. The van der Waals surface area contributed by atoms with Gasteiger partial charge in [0.1, 0.15) is 17.3 Å². The van der Waals surface area contributed by atoms with E-state index in [1.165, 1.54) is 31.2 Å². The maximum atomic E-state index is 13.7. The molecule has 0 bridgehead atoms.